The first kappa shape index (κ1) is 12.5. The molecule has 1 N–H and O–H groups in total. The van der Waals surface area contributed by atoms with Crippen LogP contribution in [0.3, 0.4) is 0 Å². The van der Waals surface area contributed by atoms with Crippen LogP contribution in [-0.2, 0) is 19.4 Å². The minimum absolute atomic E-state index is 0.618. The predicted octanol–water partition coefficient (Wildman–Crippen LogP) is 1.28. The smallest absolute Gasteiger partial charge is 0.150 e. The highest BCUT2D eigenvalue weighted by Crippen LogP contribution is 2.05. The molecule has 0 radical (unpaired) electrons. The molecule has 0 saturated heterocycles. The van der Waals surface area contributed by atoms with E-state index in [1.54, 1.807) is 12.4 Å². The number of rotatable bonds is 5. The Balaban J connectivity index is 2.18. The normalized spacial score (nSPS) is 10.6. The third kappa shape index (κ3) is 2.64. The van der Waals surface area contributed by atoms with Gasteiger partial charge in [-0.2, -0.15) is 5.10 Å². The zero-order valence-corrected chi connectivity index (χ0v) is 11.0. The van der Waals surface area contributed by atoms with Crippen LogP contribution in [0.5, 0.6) is 0 Å². The molecule has 0 atom stereocenters. The van der Waals surface area contributed by atoms with Gasteiger partial charge in [0.05, 0.1) is 24.6 Å². The fourth-order valence-electron chi connectivity index (χ4n) is 1.68. The third-order valence-corrected chi connectivity index (χ3v) is 2.70. The standard InChI is InChI=1S/C12H18N6/c1-4-10-16-12(5-2)18(17-10)8-9-6-15-11(13-3)7-14-9/h6-7H,4-5,8H2,1-3H3,(H,13,15). The second-order valence-corrected chi connectivity index (χ2v) is 3.95. The number of aryl methyl sites for hydroxylation is 2. The van der Waals surface area contributed by atoms with E-state index in [1.807, 2.05) is 11.7 Å². The van der Waals surface area contributed by atoms with Gasteiger partial charge in [-0.15, -0.1) is 0 Å². The zero-order valence-electron chi connectivity index (χ0n) is 11.0. The molecule has 0 aromatic carbocycles. The van der Waals surface area contributed by atoms with Crippen LogP contribution in [-0.4, -0.2) is 31.8 Å². The molecular formula is C12H18N6. The van der Waals surface area contributed by atoms with Gasteiger partial charge >= 0.3 is 0 Å². The van der Waals surface area contributed by atoms with Crippen molar-refractivity contribution in [3.8, 4) is 0 Å². The lowest BCUT2D eigenvalue weighted by Gasteiger charge is -2.04. The molecule has 0 unspecified atom stereocenters. The second kappa shape index (κ2) is 5.57. The summed E-state index contributed by atoms with van der Waals surface area (Å²) in [6.07, 6.45) is 5.20. The number of aromatic nitrogens is 5. The van der Waals surface area contributed by atoms with Crippen LogP contribution in [0.2, 0.25) is 0 Å². The van der Waals surface area contributed by atoms with Gasteiger partial charge in [0.15, 0.2) is 5.82 Å². The molecule has 2 heterocycles. The Labute approximate surface area is 106 Å². The lowest BCUT2D eigenvalue weighted by atomic mass is 10.4. The minimum Gasteiger partial charge on any atom is -0.372 e. The lowest BCUT2D eigenvalue weighted by Crippen LogP contribution is -2.08. The van der Waals surface area contributed by atoms with Gasteiger partial charge in [-0.3, -0.25) is 4.98 Å². The molecule has 0 spiro atoms. The summed E-state index contributed by atoms with van der Waals surface area (Å²) in [6.45, 7) is 4.75. The summed E-state index contributed by atoms with van der Waals surface area (Å²) >= 11 is 0. The third-order valence-electron chi connectivity index (χ3n) is 2.70. The van der Waals surface area contributed by atoms with E-state index in [4.69, 9.17) is 0 Å². The van der Waals surface area contributed by atoms with Crippen LogP contribution < -0.4 is 5.32 Å². The number of hydrogen-bond acceptors (Lipinski definition) is 5. The van der Waals surface area contributed by atoms with Crippen molar-refractivity contribution in [3.63, 3.8) is 0 Å². The van der Waals surface area contributed by atoms with Crippen molar-refractivity contribution in [3.05, 3.63) is 29.7 Å². The van der Waals surface area contributed by atoms with Gasteiger partial charge in [-0.25, -0.2) is 14.6 Å². The van der Waals surface area contributed by atoms with Crippen molar-refractivity contribution < 1.29 is 0 Å². The molecule has 0 fully saturated rings. The van der Waals surface area contributed by atoms with E-state index < -0.39 is 0 Å². The van der Waals surface area contributed by atoms with E-state index in [9.17, 15) is 0 Å². The number of hydrogen-bond donors (Lipinski definition) is 1. The predicted molar refractivity (Wildman–Crippen MR) is 69.5 cm³/mol. The monoisotopic (exact) mass is 246 g/mol. The van der Waals surface area contributed by atoms with E-state index in [-0.39, 0.29) is 0 Å². The highest BCUT2D eigenvalue weighted by Gasteiger charge is 2.08. The Morgan fingerprint density at radius 1 is 1.17 bits per heavy atom. The Bertz CT molecular complexity index is 502. The van der Waals surface area contributed by atoms with Crippen LogP contribution in [0, 0.1) is 0 Å². The van der Waals surface area contributed by atoms with Gasteiger partial charge in [0, 0.05) is 19.9 Å². The van der Waals surface area contributed by atoms with Crippen molar-refractivity contribution in [2.45, 2.75) is 33.2 Å². The van der Waals surface area contributed by atoms with Crippen LogP contribution in [0.25, 0.3) is 0 Å². The largest absolute Gasteiger partial charge is 0.372 e. The maximum absolute atomic E-state index is 4.47. The zero-order chi connectivity index (χ0) is 13.0. The Hall–Kier alpha value is -1.98. The minimum atomic E-state index is 0.618. The van der Waals surface area contributed by atoms with Crippen LogP contribution in [0.4, 0.5) is 5.82 Å². The van der Waals surface area contributed by atoms with Crippen molar-refractivity contribution >= 4 is 5.82 Å². The van der Waals surface area contributed by atoms with Crippen molar-refractivity contribution in [2.24, 2.45) is 0 Å². The van der Waals surface area contributed by atoms with Gasteiger partial charge in [0.25, 0.3) is 0 Å². The van der Waals surface area contributed by atoms with Crippen LogP contribution in [0.1, 0.15) is 31.2 Å². The second-order valence-electron chi connectivity index (χ2n) is 3.95. The van der Waals surface area contributed by atoms with Gasteiger partial charge in [0.1, 0.15) is 11.6 Å². The average Bonchev–Trinajstić information content (AvgIpc) is 2.82. The highest BCUT2D eigenvalue weighted by atomic mass is 15.3. The first-order valence-corrected chi connectivity index (χ1v) is 6.18. The van der Waals surface area contributed by atoms with E-state index in [0.29, 0.717) is 6.54 Å². The van der Waals surface area contributed by atoms with Crippen molar-refractivity contribution in [2.75, 3.05) is 12.4 Å². The van der Waals surface area contributed by atoms with Gasteiger partial charge < -0.3 is 5.32 Å². The van der Waals surface area contributed by atoms with Gasteiger partial charge in [-0.05, 0) is 0 Å². The molecule has 96 valence electrons. The number of anilines is 1. The summed E-state index contributed by atoms with van der Waals surface area (Å²) in [5.74, 6) is 2.64. The average molecular weight is 246 g/mol. The molecule has 0 aliphatic rings. The first-order valence-electron chi connectivity index (χ1n) is 6.18. The number of nitrogens with one attached hydrogen (secondary N) is 1. The highest BCUT2D eigenvalue weighted by molar-refractivity contribution is 5.29. The molecule has 0 saturated carbocycles. The molecule has 0 aliphatic heterocycles. The maximum Gasteiger partial charge on any atom is 0.150 e. The van der Waals surface area contributed by atoms with E-state index in [0.717, 1.165) is 36.0 Å². The van der Waals surface area contributed by atoms with E-state index >= 15 is 0 Å². The molecule has 6 heteroatoms. The quantitative estimate of drug-likeness (QED) is 0.860. The lowest BCUT2D eigenvalue weighted by molar-refractivity contribution is 0.625. The molecule has 0 bridgehead atoms. The summed E-state index contributed by atoms with van der Waals surface area (Å²) < 4.78 is 1.90. The van der Waals surface area contributed by atoms with Gasteiger partial charge in [-0.1, -0.05) is 13.8 Å². The summed E-state index contributed by atoms with van der Waals surface area (Å²) in [4.78, 5) is 13.1. The van der Waals surface area contributed by atoms with Crippen molar-refractivity contribution in [1.29, 1.82) is 0 Å². The fourth-order valence-corrected chi connectivity index (χ4v) is 1.68. The SMILES string of the molecule is CCc1nc(CC)n(Cc2cnc(NC)cn2)n1. The molecule has 2 rings (SSSR count). The Morgan fingerprint density at radius 3 is 2.56 bits per heavy atom. The van der Waals surface area contributed by atoms with Crippen molar-refractivity contribution in [1.82, 2.24) is 24.7 Å². The van der Waals surface area contributed by atoms with E-state index in [1.165, 1.54) is 0 Å². The summed E-state index contributed by atoms with van der Waals surface area (Å²) in [5, 5.41) is 7.40. The summed E-state index contributed by atoms with van der Waals surface area (Å²) in [6, 6.07) is 0. The first-order chi connectivity index (χ1) is 8.76. The molecule has 18 heavy (non-hydrogen) atoms. The van der Waals surface area contributed by atoms with Crippen LogP contribution in [0.15, 0.2) is 12.4 Å². The fraction of sp³-hybridized carbons (Fsp3) is 0.500. The molecule has 2 aromatic rings. The Kier molecular flexibility index (Phi) is 3.86. The molecule has 0 aliphatic carbocycles. The molecular weight excluding hydrogens is 228 g/mol. The molecule has 0 amide bonds. The topological polar surface area (TPSA) is 68.5 Å². The molecule has 6 nitrogen and oxygen atoms in total. The molecule has 2 aromatic heterocycles. The summed E-state index contributed by atoms with van der Waals surface area (Å²) in [5.41, 5.74) is 0.885. The number of nitrogens with zero attached hydrogens (tertiary/aromatic N) is 5. The van der Waals surface area contributed by atoms with Crippen LogP contribution >= 0.6 is 0 Å². The summed E-state index contributed by atoms with van der Waals surface area (Å²) in [7, 11) is 1.82. The van der Waals surface area contributed by atoms with E-state index in [2.05, 4.69) is 39.2 Å². The maximum atomic E-state index is 4.47. The Morgan fingerprint density at radius 2 is 2.00 bits per heavy atom. The van der Waals surface area contributed by atoms with Gasteiger partial charge in [0.2, 0.25) is 0 Å².